The molecule has 0 aromatic heterocycles. The third kappa shape index (κ3) is 4.84. The van der Waals surface area contributed by atoms with Gasteiger partial charge >= 0.3 is 0 Å². The normalized spacial score (nSPS) is 26.1. The van der Waals surface area contributed by atoms with Crippen molar-refractivity contribution in [3.63, 3.8) is 0 Å². The Balaban J connectivity index is 1.45. The topological polar surface area (TPSA) is 53.1 Å². The van der Waals surface area contributed by atoms with Crippen LogP contribution in [0.2, 0.25) is 0 Å². The van der Waals surface area contributed by atoms with Crippen LogP contribution in [0.25, 0.3) is 0 Å². The lowest BCUT2D eigenvalue weighted by Gasteiger charge is -2.36. The van der Waals surface area contributed by atoms with E-state index in [9.17, 15) is 9.59 Å². The molecule has 30 heavy (non-hydrogen) atoms. The molecule has 164 valence electrons. The van der Waals surface area contributed by atoms with Crippen LogP contribution in [0.4, 0.5) is 5.69 Å². The summed E-state index contributed by atoms with van der Waals surface area (Å²) in [4.78, 5) is 32.6. The van der Waals surface area contributed by atoms with E-state index in [-0.39, 0.29) is 23.8 Å². The van der Waals surface area contributed by atoms with Gasteiger partial charge in [0.25, 0.3) is 0 Å². The number of hydrogen-bond acceptors (Lipinski definition) is 5. The van der Waals surface area contributed by atoms with Gasteiger partial charge in [-0.15, -0.1) is 0 Å². The van der Waals surface area contributed by atoms with Crippen LogP contribution >= 0.6 is 11.8 Å². The third-order valence-corrected chi connectivity index (χ3v) is 7.77. The minimum atomic E-state index is -0.241. The summed E-state index contributed by atoms with van der Waals surface area (Å²) < 4.78 is 5.48. The van der Waals surface area contributed by atoms with Crippen LogP contribution < -0.4 is 4.90 Å². The van der Waals surface area contributed by atoms with Gasteiger partial charge in [0, 0.05) is 50.6 Å². The van der Waals surface area contributed by atoms with Crippen LogP contribution in [0.3, 0.4) is 0 Å². The zero-order chi connectivity index (χ0) is 21.1. The molecule has 4 rings (SSSR count). The van der Waals surface area contributed by atoms with Gasteiger partial charge in [-0.3, -0.25) is 14.5 Å². The molecule has 1 aromatic carbocycles. The third-order valence-electron chi connectivity index (χ3n) is 6.57. The van der Waals surface area contributed by atoms with Crippen LogP contribution in [0, 0.1) is 19.8 Å². The van der Waals surface area contributed by atoms with Crippen LogP contribution in [0.15, 0.2) is 18.2 Å². The molecule has 0 radical (unpaired) electrons. The second-order valence-corrected chi connectivity index (χ2v) is 9.85. The van der Waals surface area contributed by atoms with Crippen molar-refractivity contribution in [3.05, 3.63) is 29.3 Å². The summed E-state index contributed by atoms with van der Waals surface area (Å²) in [5.74, 6) is 2.06. The summed E-state index contributed by atoms with van der Waals surface area (Å²) in [7, 11) is 0. The largest absolute Gasteiger partial charge is 0.379 e. The van der Waals surface area contributed by atoms with Gasteiger partial charge in [0.2, 0.25) is 11.8 Å². The number of thioether (sulfide) groups is 1. The Hall–Kier alpha value is -1.57. The van der Waals surface area contributed by atoms with E-state index in [0.717, 1.165) is 63.0 Å². The first-order valence-corrected chi connectivity index (χ1v) is 12.2. The fourth-order valence-electron chi connectivity index (χ4n) is 4.60. The molecular weight excluding hydrogens is 398 g/mol. The number of morpholine rings is 1. The quantitative estimate of drug-likeness (QED) is 0.732. The molecule has 0 bridgehead atoms. The molecule has 3 aliphatic heterocycles. The average Bonchev–Trinajstić information content (AvgIpc) is 2.99. The van der Waals surface area contributed by atoms with Crippen LogP contribution in [0.1, 0.15) is 24.0 Å². The van der Waals surface area contributed by atoms with E-state index >= 15 is 0 Å². The van der Waals surface area contributed by atoms with Gasteiger partial charge in [-0.1, -0.05) is 6.07 Å². The molecule has 2 amide bonds. The number of nitrogens with zero attached hydrogens (tertiary/aromatic N) is 3. The van der Waals surface area contributed by atoms with E-state index in [1.807, 2.05) is 17.8 Å². The highest BCUT2D eigenvalue weighted by atomic mass is 32.2. The number of carbonyl (C=O) groups is 2. The highest BCUT2D eigenvalue weighted by molar-refractivity contribution is 7.99. The second-order valence-electron chi connectivity index (χ2n) is 8.70. The zero-order valence-electron chi connectivity index (χ0n) is 18.1. The van der Waals surface area contributed by atoms with Crippen molar-refractivity contribution in [3.8, 4) is 0 Å². The van der Waals surface area contributed by atoms with Crippen molar-refractivity contribution < 1.29 is 14.3 Å². The van der Waals surface area contributed by atoms with Crippen LogP contribution in [-0.2, 0) is 14.3 Å². The first-order valence-electron chi connectivity index (χ1n) is 11.1. The molecule has 7 heteroatoms. The second kappa shape index (κ2) is 9.71. The van der Waals surface area contributed by atoms with Crippen molar-refractivity contribution in [1.82, 2.24) is 9.80 Å². The maximum Gasteiger partial charge on any atom is 0.228 e. The van der Waals surface area contributed by atoms with E-state index in [0.29, 0.717) is 13.0 Å². The Morgan fingerprint density at radius 1 is 1.17 bits per heavy atom. The van der Waals surface area contributed by atoms with Gasteiger partial charge in [-0.25, -0.2) is 0 Å². The van der Waals surface area contributed by atoms with Gasteiger partial charge in [0.05, 0.1) is 25.2 Å². The molecule has 0 aliphatic carbocycles. The molecule has 3 heterocycles. The molecule has 0 spiro atoms. The van der Waals surface area contributed by atoms with Crippen molar-refractivity contribution in [1.29, 1.82) is 0 Å². The molecule has 3 saturated heterocycles. The maximum atomic E-state index is 13.5. The molecular formula is C23H33N3O3S. The molecule has 0 saturated carbocycles. The Morgan fingerprint density at radius 2 is 1.97 bits per heavy atom. The van der Waals surface area contributed by atoms with E-state index in [4.69, 9.17) is 4.74 Å². The number of amides is 2. The standard InChI is InChI=1S/C23H33N3O3S/c1-17-4-5-20(12-18(17)2)26-14-19(13-22(26)27)23(28)25-6-3-11-30-16-21(25)15-24-7-9-29-10-8-24/h4-5,12,19,21H,3,6-11,13-16H2,1-2H3. The van der Waals surface area contributed by atoms with E-state index in [2.05, 4.69) is 35.8 Å². The summed E-state index contributed by atoms with van der Waals surface area (Å²) in [6.45, 7) is 9.76. The smallest absolute Gasteiger partial charge is 0.228 e. The van der Waals surface area contributed by atoms with Crippen molar-refractivity contribution in [2.24, 2.45) is 5.92 Å². The first-order chi connectivity index (χ1) is 14.5. The first kappa shape index (κ1) is 21.7. The molecule has 3 fully saturated rings. The summed E-state index contributed by atoms with van der Waals surface area (Å²) in [6, 6.07) is 6.33. The average molecular weight is 432 g/mol. The predicted molar refractivity (Wildman–Crippen MR) is 121 cm³/mol. The molecule has 2 unspecified atom stereocenters. The summed E-state index contributed by atoms with van der Waals surface area (Å²) in [6.07, 6.45) is 1.34. The summed E-state index contributed by atoms with van der Waals surface area (Å²) in [5.41, 5.74) is 3.30. The number of hydrogen-bond donors (Lipinski definition) is 0. The van der Waals surface area contributed by atoms with Gasteiger partial charge < -0.3 is 14.5 Å². The Bertz CT molecular complexity index is 781. The monoisotopic (exact) mass is 431 g/mol. The van der Waals surface area contributed by atoms with Gasteiger partial charge in [0.1, 0.15) is 0 Å². The maximum absolute atomic E-state index is 13.5. The van der Waals surface area contributed by atoms with Crippen molar-refractivity contribution >= 4 is 29.3 Å². The molecule has 1 aromatic rings. The minimum Gasteiger partial charge on any atom is -0.379 e. The SMILES string of the molecule is Cc1ccc(N2CC(C(=O)N3CCCSCC3CN3CCOCC3)CC2=O)cc1C. The van der Waals surface area contributed by atoms with Gasteiger partial charge in [-0.2, -0.15) is 11.8 Å². The Labute approximate surface area is 183 Å². The van der Waals surface area contributed by atoms with Crippen LogP contribution in [0.5, 0.6) is 0 Å². The van der Waals surface area contributed by atoms with E-state index < -0.39 is 0 Å². The fourth-order valence-corrected chi connectivity index (χ4v) is 5.66. The minimum absolute atomic E-state index is 0.0607. The van der Waals surface area contributed by atoms with Gasteiger partial charge in [0.15, 0.2) is 0 Å². The highest BCUT2D eigenvalue weighted by Gasteiger charge is 2.39. The number of carbonyl (C=O) groups excluding carboxylic acids is 2. The number of anilines is 1. The number of ether oxygens (including phenoxy) is 1. The van der Waals surface area contributed by atoms with E-state index in [1.54, 1.807) is 4.90 Å². The fraction of sp³-hybridized carbons (Fsp3) is 0.652. The zero-order valence-corrected chi connectivity index (χ0v) is 19.0. The summed E-state index contributed by atoms with van der Waals surface area (Å²) >= 11 is 1.95. The molecule has 6 nitrogen and oxygen atoms in total. The van der Waals surface area contributed by atoms with Crippen molar-refractivity contribution in [2.75, 3.05) is 62.3 Å². The lowest BCUT2D eigenvalue weighted by Crippen LogP contribution is -2.52. The van der Waals surface area contributed by atoms with E-state index in [1.165, 1.54) is 11.1 Å². The Kier molecular flexibility index (Phi) is 7.01. The van der Waals surface area contributed by atoms with Gasteiger partial charge in [-0.05, 0) is 49.3 Å². The lowest BCUT2D eigenvalue weighted by atomic mass is 10.1. The highest BCUT2D eigenvalue weighted by Crippen LogP contribution is 2.29. The molecule has 3 aliphatic rings. The summed E-state index contributed by atoms with van der Waals surface area (Å²) in [5, 5.41) is 0. The Morgan fingerprint density at radius 3 is 2.73 bits per heavy atom. The lowest BCUT2D eigenvalue weighted by molar-refractivity contribution is -0.138. The van der Waals surface area contributed by atoms with Crippen LogP contribution in [-0.4, -0.2) is 85.1 Å². The number of aryl methyl sites for hydroxylation is 2. The predicted octanol–water partition coefficient (Wildman–Crippen LogP) is 2.32. The van der Waals surface area contributed by atoms with Crippen molar-refractivity contribution in [2.45, 2.75) is 32.7 Å². The molecule has 2 atom stereocenters. The molecule has 0 N–H and O–H groups in total. The number of rotatable bonds is 4. The number of benzene rings is 1.